The third kappa shape index (κ3) is 4.09. The molecule has 2 nitrogen and oxygen atoms in total. The predicted octanol–water partition coefficient (Wildman–Crippen LogP) is 4.16. The monoisotopic (exact) mass is 304 g/mol. The summed E-state index contributed by atoms with van der Waals surface area (Å²) in [6, 6.07) is 2.46. The van der Waals surface area contributed by atoms with Gasteiger partial charge in [0.1, 0.15) is 5.82 Å². The normalized spacial score (nSPS) is 18.5. The Hall–Kier alpha value is -1.30. The molecule has 0 heterocycles. The highest BCUT2D eigenvalue weighted by Gasteiger charge is 2.31. The summed E-state index contributed by atoms with van der Waals surface area (Å²) < 4.78 is 51.4. The molecule has 118 valence electrons. The fourth-order valence-electron chi connectivity index (χ4n) is 2.91. The van der Waals surface area contributed by atoms with Crippen molar-refractivity contribution in [2.24, 2.45) is 11.7 Å². The molecule has 2 rings (SSSR count). The zero-order chi connectivity index (χ0) is 15.5. The van der Waals surface area contributed by atoms with Crippen LogP contribution in [0.1, 0.15) is 37.7 Å². The summed E-state index contributed by atoms with van der Waals surface area (Å²) in [6.45, 7) is 0.338. The number of nitrogens with two attached hydrogens (primary N) is 1. The fraction of sp³-hybridized carbons (Fsp3) is 0.600. The van der Waals surface area contributed by atoms with Crippen molar-refractivity contribution in [3.8, 4) is 0 Å². The lowest BCUT2D eigenvalue weighted by molar-refractivity contribution is -0.137. The van der Waals surface area contributed by atoms with E-state index in [2.05, 4.69) is 5.32 Å². The summed E-state index contributed by atoms with van der Waals surface area (Å²) in [5.74, 6) is -0.537. The SMILES string of the molecule is NCC(Nc1ccc(C(F)(F)F)cc1F)C1CCCCC1. The Morgan fingerprint density at radius 2 is 1.86 bits per heavy atom. The molecule has 1 atom stereocenters. The maximum atomic E-state index is 13.8. The molecule has 6 heteroatoms. The zero-order valence-corrected chi connectivity index (χ0v) is 11.7. The maximum Gasteiger partial charge on any atom is 0.416 e. The number of anilines is 1. The molecule has 1 aliphatic rings. The Bertz CT molecular complexity index is 467. The second-order valence-electron chi connectivity index (χ2n) is 5.58. The van der Waals surface area contributed by atoms with E-state index in [1.54, 1.807) is 0 Å². The Labute approximate surface area is 121 Å². The summed E-state index contributed by atoms with van der Waals surface area (Å²) in [7, 11) is 0. The third-order valence-electron chi connectivity index (χ3n) is 4.11. The van der Waals surface area contributed by atoms with Crippen molar-refractivity contribution >= 4 is 5.69 Å². The van der Waals surface area contributed by atoms with Gasteiger partial charge in [0, 0.05) is 12.6 Å². The van der Waals surface area contributed by atoms with Crippen LogP contribution in [0.4, 0.5) is 23.2 Å². The van der Waals surface area contributed by atoms with Gasteiger partial charge in [0.15, 0.2) is 0 Å². The molecule has 1 unspecified atom stereocenters. The molecule has 0 aromatic heterocycles. The van der Waals surface area contributed by atoms with Crippen molar-refractivity contribution in [3.05, 3.63) is 29.6 Å². The number of nitrogens with one attached hydrogen (secondary N) is 1. The number of hydrogen-bond acceptors (Lipinski definition) is 2. The van der Waals surface area contributed by atoms with E-state index in [4.69, 9.17) is 5.73 Å². The van der Waals surface area contributed by atoms with E-state index in [0.29, 0.717) is 18.5 Å². The first-order chi connectivity index (χ1) is 9.91. The van der Waals surface area contributed by atoms with Crippen LogP contribution in [0.25, 0.3) is 0 Å². The minimum Gasteiger partial charge on any atom is -0.378 e. The van der Waals surface area contributed by atoms with Crippen molar-refractivity contribution in [1.29, 1.82) is 0 Å². The highest BCUT2D eigenvalue weighted by atomic mass is 19.4. The number of hydrogen-bond donors (Lipinski definition) is 2. The number of alkyl halides is 3. The quantitative estimate of drug-likeness (QED) is 0.820. The van der Waals surface area contributed by atoms with E-state index in [1.165, 1.54) is 6.42 Å². The van der Waals surface area contributed by atoms with Gasteiger partial charge in [0.25, 0.3) is 0 Å². The number of rotatable bonds is 4. The van der Waals surface area contributed by atoms with Crippen molar-refractivity contribution in [3.63, 3.8) is 0 Å². The number of halogens is 4. The molecular weight excluding hydrogens is 284 g/mol. The molecule has 0 radical (unpaired) electrons. The van der Waals surface area contributed by atoms with Crippen molar-refractivity contribution in [2.75, 3.05) is 11.9 Å². The minimum absolute atomic E-state index is 0.0871. The van der Waals surface area contributed by atoms with E-state index in [9.17, 15) is 17.6 Å². The largest absolute Gasteiger partial charge is 0.416 e. The van der Waals surface area contributed by atoms with E-state index in [0.717, 1.165) is 37.8 Å². The first-order valence-electron chi connectivity index (χ1n) is 7.25. The van der Waals surface area contributed by atoms with Crippen molar-refractivity contribution in [1.82, 2.24) is 0 Å². The molecule has 1 aliphatic carbocycles. The van der Waals surface area contributed by atoms with E-state index < -0.39 is 17.6 Å². The molecule has 1 fully saturated rings. The van der Waals surface area contributed by atoms with Crippen molar-refractivity contribution in [2.45, 2.75) is 44.3 Å². The smallest absolute Gasteiger partial charge is 0.378 e. The molecule has 1 aromatic rings. The van der Waals surface area contributed by atoms with Crippen LogP contribution in [0, 0.1) is 11.7 Å². The molecule has 1 saturated carbocycles. The summed E-state index contributed by atoms with van der Waals surface area (Å²) in [5.41, 5.74) is 4.84. The lowest BCUT2D eigenvalue weighted by Crippen LogP contribution is -2.37. The van der Waals surface area contributed by atoms with Gasteiger partial charge in [-0.15, -0.1) is 0 Å². The van der Waals surface area contributed by atoms with Gasteiger partial charge >= 0.3 is 6.18 Å². The first kappa shape index (κ1) is 16.1. The fourth-order valence-corrected chi connectivity index (χ4v) is 2.91. The van der Waals surface area contributed by atoms with Crippen LogP contribution < -0.4 is 11.1 Å². The van der Waals surface area contributed by atoms with E-state index in [-0.39, 0.29) is 11.7 Å². The molecule has 0 bridgehead atoms. The Morgan fingerprint density at radius 3 is 2.38 bits per heavy atom. The van der Waals surface area contributed by atoms with Gasteiger partial charge < -0.3 is 11.1 Å². The number of benzene rings is 1. The average Bonchev–Trinajstić information content (AvgIpc) is 2.46. The van der Waals surface area contributed by atoms with Gasteiger partial charge in [0.2, 0.25) is 0 Å². The summed E-state index contributed by atoms with van der Waals surface area (Å²) >= 11 is 0. The van der Waals surface area contributed by atoms with E-state index in [1.807, 2.05) is 0 Å². The molecule has 0 spiro atoms. The lowest BCUT2D eigenvalue weighted by atomic mass is 9.84. The molecule has 0 aliphatic heterocycles. The molecule has 3 N–H and O–H groups in total. The van der Waals surface area contributed by atoms with Gasteiger partial charge in [-0.05, 0) is 37.0 Å². The van der Waals surface area contributed by atoms with Gasteiger partial charge in [-0.2, -0.15) is 13.2 Å². The molecule has 0 amide bonds. The van der Waals surface area contributed by atoms with Gasteiger partial charge in [-0.1, -0.05) is 19.3 Å². The van der Waals surface area contributed by atoms with Crippen LogP contribution in [0.5, 0.6) is 0 Å². The second kappa shape index (κ2) is 6.64. The standard InChI is InChI=1S/C15H20F4N2/c16-12-8-11(15(17,18)19)6-7-13(12)21-14(9-20)10-4-2-1-3-5-10/h6-8,10,14,21H,1-5,9,20H2. The summed E-state index contributed by atoms with van der Waals surface area (Å²) in [5, 5.41) is 2.98. The van der Waals surface area contributed by atoms with E-state index >= 15 is 0 Å². The second-order valence-corrected chi connectivity index (χ2v) is 5.58. The van der Waals surface area contributed by atoms with Crippen LogP contribution in [0.15, 0.2) is 18.2 Å². The Kier molecular flexibility index (Phi) is 5.08. The Balaban J connectivity index is 2.10. The molecule has 21 heavy (non-hydrogen) atoms. The highest BCUT2D eigenvalue weighted by Crippen LogP contribution is 2.32. The molecular formula is C15H20F4N2. The minimum atomic E-state index is -4.53. The van der Waals surface area contributed by atoms with Crippen LogP contribution in [0.3, 0.4) is 0 Å². The maximum absolute atomic E-state index is 13.8. The van der Waals surface area contributed by atoms with Gasteiger partial charge in [0.05, 0.1) is 11.3 Å². The predicted molar refractivity (Wildman–Crippen MR) is 74.4 cm³/mol. The van der Waals surface area contributed by atoms with Crippen molar-refractivity contribution < 1.29 is 17.6 Å². The van der Waals surface area contributed by atoms with Crippen LogP contribution in [-0.4, -0.2) is 12.6 Å². The highest BCUT2D eigenvalue weighted by molar-refractivity contribution is 5.48. The first-order valence-corrected chi connectivity index (χ1v) is 7.25. The lowest BCUT2D eigenvalue weighted by Gasteiger charge is -2.31. The van der Waals surface area contributed by atoms with Crippen LogP contribution >= 0.6 is 0 Å². The zero-order valence-electron chi connectivity index (χ0n) is 11.7. The van der Waals surface area contributed by atoms with Crippen LogP contribution in [-0.2, 0) is 6.18 Å². The van der Waals surface area contributed by atoms with Gasteiger partial charge in [-0.25, -0.2) is 4.39 Å². The van der Waals surface area contributed by atoms with Crippen LogP contribution in [0.2, 0.25) is 0 Å². The molecule has 1 aromatic carbocycles. The van der Waals surface area contributed by atoms with Gasteiger partial charge in [-0.3, -0.25) is 0 Å². The topological polar surface area (TPSA) is 38.0 Å². The Morgan fingerprint density at radius 1 is 1.19 bits per heavy atom. The average molecular weight is 304 g/mol. The molecule has 0 saturated heterocycles. The summed E-state index contributed by atoms with van der Waals surface area (Å²) in [4.78, 5) is 0. The summed E-state index contributed by atoms with van der Waals surface area (Å²) in [6.07, 6.45) is 0.962. The third-order valence-corrected chi connectivity index (χ3v) is 4.11.